The van der Waals surface area contributed by atoms with Crippen LogP contribution in [0.3, 0.4) is 0 Å². The Labute approximate surface area is 119 Å². The molecular weight excluding hydrogens is 280 g/mol. The average Bonchev–Trinajstić information content (AvgIpc) is 2.96. The van der Waals surface area contributed by atoms with Crippen molar-refractivity contribution in [2.75, 3.05) is 12.0 Å². The minimum Gasteiger partial charge on any atom is -0.352 e. The number of aromatic nitrogens is 2. The Morgan fingerprint density at radius 1 is 1.33 bits per heavy atom. The average molecular weight is 295 g/mol. The largest absolute Gasteiger partial charge is 0.352 e. The van der Waals surface area contributed by atoms with Crippen LogP contribution in [0.1, 0.15) is 16.8 Å². The van der Waals surface area contributed by atoms with Crippen molar-refractivity contribution in [3.05, 3.63) is 47.8 Å². The van der Waals surface area contributed by atoms with Crippen molar-refractivity contribution < 1.29 is 13.6 Å². The van der Waals surface area contributed by atoms with E-state index >= 15 is 0 Å². The molecule has 2 rings (SSSR count). The predicted octanol–water partition coefficient (Wildman–Crippen LogP) is 1.27. The molecule has 0 bridgehead atoms. The first-order valence-electron chi connectivity index (χ1n) is 6.33. The summed E-state index contributed by atoms with van der Waals surface area (Å²) in [4.78, 5) is 11.8. The van der Waals surface area contributed by atoms with E-state index in [1.54, 1.807) is 16.9 Å². The van der Waals surface area contributed by atoms with Gasteiger partial charge >= 0.3 is 0 Å². The molecular formula is C13H15F2N5O. The van der Waals surface area contributed by atoms with Crippen LogP contribution in [0.15, 0.2) is 30.6 Å². The Kier molecular flexibility index (Phi) is 4.83. The maximum absolute atomic E-state index is 13.5. The Morgan fingerprint density at radius 3 is 2.62 bits per heavy atom. The lowest BCUT2D eigenvalue weighted by molar-refractivity contribution is 0.0951. The Bertz CT molecular complexity index is 592. The van der Waals surface area contributed by atoms with E-state index in [0.717, 1.165) is 12.1 Å². The topological polar surface area (TPSA) is 85.0 Å². The number of nitrogens with zero attached hydrogens (tertiary/aromatic N) is 2. The van der Waals surface area contributed by atoms with Crippen molar-refractivity contribution in [3.63, 3.8) is 0 Å². The second kappa shape index (κ2) is 6.80. The van der Waals surface area contributed by atoms with Gasteiger partial charge in [-0.05, 0) is 24.6 Å². The van der Waals surface area contributed by atoms with Crippen molar-refractivity contribution in [1.29, 1.82) is 0 Å². The maximum Gasteiger partial charge on any atom is 0.251 e. The number of nitrogen functional groups attached to an aromatic ring is 1. The first-order valence-corrected chi connectivity index (χ1v) is 6.33. The molecule has 0 saturated carbocycles. The standard InChI is InChI=1S/C13H15F2N5O/c14-10-7-9(8-11(15)12(10)19-16)13(21)17-3-1-5-20-6-2-4-18-20/h2,4,6-8,19H,1,3,5,16H2,(H,17,21). The first-order chi connectivity index (χ1) is 10.1. The smallest absolute Gasteiger partial charge is 0.251 e. The zero-order valence-corrected chi connectivity index (χ0v) is 11.1. The highest BCUT2D eigenvalue weighted by atomic mass is 19.1. The Balaban J connectivity index is 1.88. The SMILES string of the molecule is NNc1c(F)cc(C(=O)NCCCn2cccn2)cc1F. The van der Waals surface area contributed by atoms with Crippen LogP contribution in [0.2, 0.25) is 0 Å². The number of hydrazine groups is 1. The van der Waals surface area contributed by atoms with Crippen molar-refractivity contribution in [1.82, 2.24) is 15.1 Å². The molecule has 0 atom stereocenters. The molecule has 6 nitrogen and oxygen atoms in total. The molecule has 0 saturated heterocycles. The number of aryl methyl sites for hydroxylation is 1. The Hall–Kier alpha value is -2.48. The van der Waals surface area contributed by atoms with Crippen molar-refractivity contribution >= 4 is 11.6 Å². The molecule has 0 aliphatic rings. The molecule has 0 fully saturated rings. The zero-order valence-electron chi connectivity index (χ0n) is 11.1. The van der Waals surface area contributed by atoms with Gasteiger partial charge in [0.1, 0.15) is 5.69 Å². The highest BCUT2D eigenvalue weighted by Gasteiger charge is 2.14. The number of amides is 1. The number of rotatable bonds is 6. The quantitative estimate of drug-likeness (QED) is 0.425. The molecule has 2 aromatic rings. The van der Waals surface area contributed by atoms with Crippen molar-refractivity contribution in [2.24, 2.45) is 5.84 Å². The van der Waals surface area contributed by atoms with E-state index in [2.05, 4.69) is 10.4 Å². The summed E-state index contributed by atoms with van der Waals surface area (Å²) >= 11 is 0. The molecule has 0 aliphatic carbocycles. The van der Waals surface area contributed by atoms with Crippen LogP contribution in [0.25, 0.3) is 0 Å². The fourth-order valence-corrected chi connectivity index (χ4v) is 1.82. The lowest BCUT2D eigenvalue weighted by atomic mass is 10.1. The lowest BCUT2D eigenvalue weighted by Crippen LogP contribution is -2.26. The van der Waals surface area contributed by atoms with Gasteiger partial charge in [-0.3, -0.25) is 15.3 Å². The van der Waals surface area contributed by atoms with E-state index in [9.17, 15) is 13.6 Å². The molecule has 1 amide bonds. The predicted molar refractivity (Wildman–Crippen MR) is 73.3 cm³/mol. The highest BCUT2D eigenvalue weighted by molar-refractivity contribution is 5.94. The van der Waals surface area contributed by atoms with Crippen LogP contribution >= 0.6 is 0 Å². The van der Waals surface area contributed by atoms with E-state index in [-0.39, 0.29) is 5.56 Å². The van der Waals surface area contributed by atoms with Gasteiger partial charge in [0.05, 0.1) is 0 Å². The van der Waals surface area contributed by atoms with E-state index in [1.165, 1.54) is 0 Å². The van der Waals surface area contributed by atoms with Gasteiger partial charge in [-0.15, -0.1) is 0 Å². The number of benzene rings is 1. The molecule has 112 valence electrons. The zero-order chi connectivity index (χ0) is 15.2. The summed E-state index contributed by atoms with van der Waals surface area (Å²) < 4.78 is 28.7. The summed E-state index contributed by atoms with van der Waals surface area (Å²) in [6, 6.07) is 3.67. The molecule has 1 heterocycles. The van der Waals surface area contributed by atoms with E-state index < -0.39 is 23.2 Å². The first kappa shape index (κ1) is 14.9. The molecule has 8 heteroatoms. The van der Waals surface area contributed by atoms with E-state index in [0.29, 0.717) is 19.5 Å². The van der Waals surface area contributed by atoms with Gasteiger partial charge in [0.25, 0.3) is 5.91 Å². The third kappa shape index (κ3) is 3.76. The highest BCUT2D eigenvalue weighted by Crippen LogP contribution is 2.19. The molecule has 0 radical (unpaired) electrons. The molecule has 1 aromatic heterocycles. The second-order valence-corrected chi connectivity index (χ2v) is 4.34. The van der Waals surface area contributed by atoms with Gasteiger partial charge in [0.2, 0.25) is 0 Å². The molecule has 4 N–H and O–H groups in total. The summed E-state index contributed by atoms with van der Waals surface area (Å²) in [5, 5.41) is 6.61. The van der Waals surface area contributed by atoms with Gasteiger partial charge in [-0.2, -0.15) is 5.10 Å². The number of carbonyl (C=O) groups is 1. The number of carbonyl (C=O) groups excluding carboxylic acids is 1. The number of nitrogens with one attached hydrogen (secondary N) is 2. The van der Waals surface area contributed by atoms with Crippen LogP contribution < -0.4 is 16.6 Å². The van der Waals surface area contributed by atoms with Crippen LogP contribution in [0, 0.1) is 11.6 Å². The number of hydrogen-bond acceptors (Lipinski definition) is 4. The monoisotopic (exact) mass is 295 g/mol. The van der Waals surface area contributed by atoms with E-state index in [4.69, 9.17) is 5.84 Å². The Morgan fingerprint density at radius 2 is 2.05 bits per heavy atom. The summed E-state index contributed by atoms with van der Waals surface area (Å²) in [5.74, 6) is 2.60. The summed E-state index contributed by atoms with van der Waals surface area (Å²) in [7, 11) is 0. The van der Waals surface area contributed by atoms with Gasteiger partial charge in [0.15, 0.2) is 11.6 Å². The number of hydrogen-bond donors (Lipinski definition) is 3. The summed E-state index contributed by atoms with van der Waals surface area (Å²) in [6.45, 7) is 1.02. The fourth-order valence-electron chi connectivity index (χ4n) is 1.82. The number of anilines is 1. The van der Waals surface area contributed by atoms with Crippen LogP contribution in [-0.4, -0.2) is 22.2 Å². The third-order valence-corrected chi connectivity index (χ3v) is 2.86. The number of nitrogens with two attached hydrogens (primary N) is 1. The fraction of sp³-hybridized carbons (Fsp3) is 0.231. The van der Waals surface area contributed by atoms with Gasteiger partial charge in [-0.25, -0.2) is 8.78 Å². The van der Waals surface area contributed by atoms with Crippen molar-refractivity contribution in [2.45, 2.75) is 13.0 Å². The van der Waals surface area contributed by atoms with Crippen LogP contribution in [0.5, 0.6) is 0 Å². The minimum atomic E-state index is -0.917. The normalized spacial score (nSPS) is 10.4. The summed E-state index contributed by atoms with van der Waals surface area (Å²) in [6.07, 6.45) is 4.13. The lowest BCUT2D eigenvalue weighted by Gasteiger charge is -2.08. The molecule has 0 unspecified atom stereocenters. The third-order valence-electron chi connectivity index (χ3n) is 2.86. The maximum atomic E-state index is 13.5. The molecule has 0 spiro atoms. The summed E-state index contributed by atoms with van der Waals surface area (Å²) in [5.41, 5.74) is 1.34. The van der Waals surface area contributed by atoms with E-state index in [1.807, 2.05) is 11.6 Å². The van der Waals surface area contributed by atoms with Crippen molar-refractivity contribution in [3.8, 4) is 0 Å². The molecule has 0 aliphatic heterocycles. The van der Waals surface area contributed by atoms with Gasteiger partial charge in [0, 0.05) is 31.0 Å². The van der Waals surface area contributed by atoms with Gasteiger partial charge < -0.3 is 10.7 Å². The molecule has 1 aromatic carbocycles. The molecule has 21 heavy (non-hydrogen) atoms. The second-order valence-electron chi connectivity index (χ2n) is 4.34. The minimum absolute atomic E-state index is 0.0944. The number of halogens is 2. The van der Waals surface area contributed by atoms with Gasteiger partial charge in [-0.1, -0.05) is 0 Å². The van der Waals surface area contributed by atoms with Crippen LogP contribution in [-0.2, 0) is 6.54 Å². The van der Waals surface area contributed by atoms with Crippen LogP contribution in [0.4, 0.5) is 14.5 Å².